The SMILES string of the molecule is N[C@H](C[C@H](N)C(=O)O)c1ccc(Cl)cc1. The maximum Gasteiger partial charge on any atom is 0.320 e. The maximum atomic E-state index is 10.5. The van der Waals surface area contributed by atoms with Gasteiger partial charge in [0, 0.05) is 11.1 Å². The van der Waals surface area contributed by atoms with E-state index in [-0.39, 0.29) is 12.5 Å². The number of aliphatic carboxylic acids is 1. The Kier molecular flexibility index (Phi) is 4.08. The summed E-state index contributed by atoms with van der Waals surface area (Å²) in [7, 11) is 0. The number of rotatable bonds is 4. The molecule has 0 aliphatic rings. The smallest absolute Gasteiger partial charge is 0.320 e. The molecular weight excluding hydrogens is 216 g/mol. The summed E-state index contributed by atoms with van der Waals surface area (Å²) < 4.78 is 0. The normalized spacial score (nSPS) is 14.6. The number of halogens is 1. The second kappa shape index (κ2) is 5.11. The van der Waals surface area contributed by atoms with E-state index in [4.69, 9.17) is 28.2 Å². The lowest BCUT2D eigenvalue weighted by Gasteiger charge is -2.14. The van der Waals surface area contributed by atoms with Gasteiger partial charge < -0.3 is 16.6 Å². The van der Waals surface area contributed by atoms with Crippen LogP contribution in [0.2, 0.25) is 5.02 Å². The van der Waals surface area contributed by atoms with Crippen LogP contribution in [0.5, 0.6) is 0 Å². The fraction of sp³-hybridized carbons (Fsp3) is 0.300. The van der Waals surface area contributed by atoms with Crippen LogP contribution in [0.25, 0.3) is 0 Å². The summed E-state index contributed by atoms with van der Waals surface area (Å²) in [5, 5.41) is 9.24. The number of hydrogen-bond acceptors (Lipinski definition) is 3. The van der Waals surface area contributed by atoms with Gasteiger partial charge in [-0.3, -0.25) is 4.79 Å². The van der Waals surface area contributed by atoms with Crippen molar-refractivity contribution < 1.29 is 9.90 Å². The molecule has 0 unspecified atom stereocenters. The highest BCUT2D eigenvalue weighted by Gasteiger charge is 2.16. The van der Waals surface area contributed by atoms with Gasteiger partial charge >= 0.3 is 5.97 Å². The number of nitrogens with two attached hydrogens (primary N) is 2. The van der Waals surface area contributed by atoms with Gasteiger partial charge in [0.1, 0.15) is 6.04 Å². The Morgan fingerprint density at radius 2 is 1.87 bits per heavy atom. The Labute approximate surface area is 92.8 Å². The first-order chi connectivity index (χ1) is 7.00. The van der Waals surface area contributed by atoms with Crippen molar-refractivity contribution in [2.24, 2.45) is 11.5 Å². The fourth-order valence-corrected chi connectivity index (χ4v) is 1.35. The molecule has 0 fully saturated rings. The zero-order valence-corrected chi connectivity index (χ0v) is 8.82. The zero-order chi connectivity index (χ0) is 11.4. The van der Waals surface area contributed by atoms with Gasteiger partial charge in [0.15, 0.2) is 0 Å². The molecule has 2 atom stereocenters. The summed E-state index contributed by atoms with van der Waals surface area (Å²) in [5.74, 6) is -1.04. The number of hydrogen-bond donors (Lipinski definition) is 3. The molecule has 0 aliphatic carbocycles. The summed E-state index contributed by atoms with van der Waals surface area (Å²) in [6, 6.07) is 5.64. The minimum atomic E-state index is -1.04. The molecule has 0 radical (unpaired) electrons. The lowest BCUT2D eigenvalue weighted by Crippen LogP contribution is -2.33. The zero-order valence-electron chi connectivity index (χ0n) is 8.06. The maximum absolute atomic E-state index is 10.5. The van der Waals surface area contributed by atoms with Crippen LogP contribution in [0.15, 0.2) is 24.3 Å². The Bertz CT molecular complexity index is 340. The van der Waals surface area contributed by atoms with Gasteiger partial charge in [-0.05, 0) is 24.1 Å². The average molecular weight is 229 g/mol. The van der Waals surface area contributed by atoms with Crippen LogP contribution in [0.3, 0.4) is 0 Å². The Morgan fingerprint density at radius 3 is 2.33 bits per heavy atom. The van der Waals surface area contributed by atoms with Gasteiger partial charge in [0.05, 0.1) is 0 Å². The predicted molar refractivity (Wildman–Crippen MR) is 58.6 cm³/mol. The highest BCUT2D eigenvalue weighted by atomic mass is 35.5. The molecule has 0 aromatic heterocycles. The summed E-state index contributed by atoms with van der Waals surface area (Å²) in [4.78, 5) is 10.5. The van der Waals surface area contributed by atoms with Gasteiger partial charge in [0.2, 0.25) is 0 Å². The second-order valence-electron chi connectivity index (χ2n) is 3.34. The Balaban J connectivity index is 2.64. The van der Waals surface area contributed by atoms with Crippen LogP contribution >= 0.6 is 11.6 Å². The molecule has 0 saturated carbocycles. The first-order valence-corrected chi connectivity index (χ1v) is 4.88. The number of carboxylic acid groups (broad SMARTS) is 1. The second-order valence-corrected chi connectivity index (χ2v) is 3.77. The van der Waals surface area contributed by atoms with Gasteiger partial charge in [0.25, 0.3) is 0 Å². The average Bonchev–Trinajstić information content (AvgIpc) is 2.18. The van der Waals surface area contributed by atoms with E-state index >= 15 is 0 Å². The Morgan fingerprint density at radius 1 is 1.33 bits per heavy atom. The first kappa shape index (κ1) is 12.0. The molecule has 15 heavy (non-hydrogen) atoms. The predicted octanol–water partition coefficient (Wildman–Crippen LogP) is 1.14. The highest BCUT2D eigenvalue weighted by Crippen LogP contribution is 2.17. The minimum Gasteiger partial charge on any atom is -0.480 e. The van der Waals surface area contributed by atoms with E-state index in [1.807, 2.05) is 0 Å². The monoisotopic (exact) mass is 228 g/mol. The third kappa shape index (κ3) is 3.51. The molecule has 0 bridgehead atoms. The van der Waals surface area contributed by atoms with Crippen molar-refractivity contribution in [1.29, 1.82) is 0 Å². The van der Waals surface area contributed by atoms with Crippen molar-refractivity contribution in [1.82, 2.24) is 0 Å². The molecule has 1 aromatic rings. The quantitative estimate of drug-likeness (QED) is 0.721. The summed E-state index contributed by atoms with van der Waals surface area (Å²) in [5.41, 5.74) is 12.0. The molecule has 5 N–H and O–H groups in total. The Hall–Kier alpha value is -1.10. The number of carboxylic acids is 1. The number of carbonyl (C=O) groups is 1. The molecule has 0 spiro atoms. The van der Waals surface area contributed by atoms with Crippen LogP contribution in [-0.2, 0) is 4.79 Å². The van der Waals surface area contributed by atoms with E-state index in [2.05, 4.69) is 0 Å². The fourth-order valence-electron chi connectivity index (χ4n) is 1.22. The molecule has 82 valence electrons. The van der Waals surface area contributed by atoms with Crippen molar-refractivity contribution in [3.8, 4) is 0 Å². The van der Waals surface area contributed by atoms with Gasteiger partial charge in [-0.2, -0.15) is 0 Å². The minimum absolute atomic E-state index is 0.205. The lowest BCUT2D eigenvalue weighted by molar-refractivity contribution is -0.138. The van der Waals surface area contributed by atoms with E-state index in [0.29, 0.717) is 5.02 Å². The molecule has 4 nitrogen and oxygen atoms in total. The molecule has 0 heterocycles. The molecule has 5 heteroatoms. The first-order valence-electron chi connectivity index (χ1n) is 4.50. The van der Waals surface area contributed by atoms with Crippen molar-refractivity contribution >= 4 is 17.6 Å². The summed E-state index contributed by atoms with van der Waals surface area (Å²) in [6.07, 6.45) is 0.205. The van der Waals surface area contributed by atoms with Crippen LogP contribution in [0.1, 0.15) is 18.0 Å². The van der Waals surface area contributed by atoms with Crippen LogP contribution in [-0.4, -0.2) is 17.1 Å². The summed E-state index contributed by atoms with van der Waals surface area (Å²) in [6.45, 7) is 0. The van der Waals surface area contributed by atoms with Crippen LogP contribution in [0.4, 0.5) is 0 Å². The molecule has 0 aliphatic heterocycles. The molecule has 0 amide bonds. The van der Waals surface area contributed by atoms with Crippen molar-refractivity contribution in [3.63, 3.8) is 0 Å². The van der Waals surface area contributed by atoms with Gasteiger partial charge in [-0.1, -0.05) is 23.7 Å². The van der Waals surface area contributed by atoms with Crippen LogP contribution < -0.4 is 11.5 Å². The van der Waals surface area contributed by atoms with Crippen molar-refractivity contribution in [2.75, 3.05) is 0 Å². The molecule has 1 rings (SSSR count). The van der Waals surface area contributed by atoms with E-state index in [1.54, 1.807) is 24.3 Å². The van der Waals surface area contributed by atoms with Crippen molar-refractivity contribution in [3.05, 3.63) is 34.9 Å². The van der Waals surface area contributed by atoms with Crippen molar-refractivity contribution in [2.45, 2.75) is 18.5 Å². The van der Waals surface area contributed by atoms with Gasteiger partial charge in [-0.15, -0.1) is 0 Å². The number of benzene rings is 1. The van der Waals surface area contributed by atoms with E-state index in [1.165, 1.54) is 0 Å². The molecule has 0 saturated heterocycles. The highest BCUT2D eigenvalue weighted by molar-refractivity contribution is 6.30. The van der Waals surface area contributed by atoms with E-state index in [9.17, 15) is 4.79 Å². The standard InChI is InChI=1S/C10H13ClN2O2/c11-7-3-1-6(2-4-7)8(12)5-9(13)10(14)15/h1-4,8-9H,5,12-13H2,(H,14,15)/t8-,9+/m1/s1. The summed E-state index contributed by atoms with van der Waals surface area (Å²) >= 11 is 5.71. The van der Waals surface area contributed by atoms with E-state index in [0.717, 1.165) is 5.56 Å². The van der Waals surface area contributed by atoms with Gasteiger partial charge in [-0.25, -0.2) is 0 Å². The molecular formula is C10H13ClN2O2. The van der Waals surface area contributed by atoms with E-state index < -0.39 is 12.0 Å². The largest absolute Gasteiger partial charge is 0.480 e. The third-order valence-corrected chi connectivity index (χ3v) is 2.38. The van der Waals surface area contributed by atoms with Crippen LogP contribution in [0, 0.1) is 0 Å². The third-order valence-electron chi connectivity index (χ3n) is 2.12. The molecule has 1 aromatic carbocycles. The lowest BCUT2D eigenvalue weighted by atomic mass is 10.0. The topological polar surface area (TPSA) is 89.3 Å².